The lowest BCUT2D eigenvalue weighted by Gasteiger charge is -2.32. The van der Waals surface area contributed by atoms with Gasteiger partial charge in [0.15, 0.2) is 0 Å². The quantitative estimate of drug-likeness (QED) is 0.356. The highest BCUT2D eigenvalue weighted by Crippen LogP contribution is 2.07. The number of nitrogens with zero attached hydrogens (tertiary/aromatic N) is 2. The summed E-state index contributed by atoms with van der Waals surface area (Å²) >= 11 is 0. The molecule has 0 radical (unpaired) electrons. The molecule has 0 bridgehead atoms. The van der Waals surface area contributed by atoms with Gasteiger partial charge in [-0.25, -0.2) is 0 Å². The van der Waals surface area contributed by atoms with Crippen LogP contribution in [0.2, 0.25) is 0 Å². The molecule has 0 saturated carbocycles. The van der Waals surface area contributed by atoms with Gasteiger partial charge in [-0.05, 0) is 33.6 Å². The molecule has 0 aromatic carbocycles. The van der Waals surface area contributed by atoms with Crippen molar-refractivity contribution >= 4 is 0 Å². The monoisotopic (exact) mass is 488 g/mol. The van der Waals surface area contributed by atoms with E-state index < -0.39 is 0 Å². The number of ether oxygens (including phenoxy) is 4. The molecule has 2 rings (SSSR count). The summed E-state index contributed by atoms with van der Waals surface area (Å²) in [5, 5.41) is 14.3. The first-order chi connectivity index (χ1) is 16.8. The van der Waals surface area contributed by atoms with Gasteiger partial charge in [0.2, 0.25) is 0 Å². The average molecular weight is 489 g/mol. The molecule has 2 unspecified atom stereocenters. The second kappa shape index (κ2) is 20.8. The standard InChI is InChI=1S/C24H52N6O4/c1-29-10-3-4-25-5-12-30(2)21-23(20-27-6-11-29)24-22-34-19-18-32-14-8-26-7-13-31-16-17-33-15-9-28-24/h23-28H,3-22H2,1-2H3. The van der Waals surface area contributed by atoms with Crippen LogP contribution in [0.1, 0.15) is 6.42 Å². The second-order valence-electron chi connectivity index (χ2n) is 9.36. The molecular formula is C24H52N6O4. The minimum Gasteiger partial charge on any atom is -0.378 e. The highest BCUT2D eigenvalue weighted by Gasteiger charge is 2.23. The van der Waals surface area contributed by atoms with Crippen molar-refractivity contribution in [3.63, 3.8) is 0 Å². The van der Waals surface area contributed by atoms with Crippen LogP contribution >= 0.6 is 0 Å². The van der Waals surface area contributed by atoms with Crippen LogP contribution in [0, 0.1) is 5.92 Å². The fourth-order valence-corrected chi connectivity index (χ4v) is 4.21. The summed E-state index contributed by atoms with van der Waals surface area (Å²) in [5.41, 5.74) is 0. The number of hydrogen-bond donors (Lipinski definition) is 4. The number of hydrogen-bond acceptors (Lipinski definition) is 10. The van der Waals surface area contributed by atoms with Crippen molar-refractivity contribution in [2.75, 3.05) is 139 Å². The van der Waals surface area contributed by atoms with Crippen LogP contribution < -0.4 is 21.3 Å². The molecule has 0 amide bonds. The van der Waals surface area contributed by atoms with E-state index in [2.05, 4.69) is 45.2 Å². The van der Waals surface area contributed by atoms with Gasteiger partial charge < -0.3 is 50.0 Å². The zero-order chi connectivity index (χ0) is 24.1. The van der Waals surface area contributed by atoms with E-state index in [0.717, 1.165) is 72.0 Å². The molecule has 2 aliphatic heterocycles. The van der Waals surface area contributed by atoms with E-state index >= 15 is 0 Å². The molecule has 10 nitrogen and oxygen atoms in total. The molecule has 0 aliphatic carbocycles. The topological polar surface area (TPSA) is 91.5 Å². The third-order valence-corrected chi connectivity index (χ3v) is 6.30. The van der Waals surface area contributed by atoms with Crippen LogP contribution in [-0.2, 0) is 18.9 Å². The van der Waals surface area contributed by atoms with Crippen molar-refractivity contribution in [1.82, 2.24) is 31.1 Å². The van der Waals surface area contributed by atoms with Crippen molar-refractivity contribution in [2.45, 2.75) is 12.5 Å². The first kappa shape index (κ1) is 29.8. The Kier molecular flexibility index (Phi) is 18.2. The van der Waals surface area contributed by atoms with Gasteiger partial charge in [0.25, 0.3) is 0 Å². The lowest BCUT2D eigenvalue weighted by atomic mass is 9.99. The van der Waals surface area contributed by atoms with Crippen LogP contribution in [-0.4, -0.2) is 155 Å². The summed E-state index contributed by atoms with van der Waals surface area (Å²) in [5.74, 6) is 0.428. The molecular weight excluding hydrogens is 436 g/mol. The van der Waals surface area contributed by atoms with Crippen LogP contribution in [0.15, 0.2) is 0 Å². The molecule has 0 spiro atoms. The van der Waals surface area contributed by atoms with Gasteiger partial charge >= 0.3 is 0 Å². The zero-order valence-corrected chi connectivity index (χ0v) is 21.8. The Balaban J connectivity index is 1.90. The smallest absolute Gasteiger partial charge is 0.0701 e. The minimum atomic E-state index is 0.244. The van der Waals surface area contributed by atoms with Crippen LogP contribution in [0.3, 0.4) is 0 Å². The Morgan fingerprint density at radius 1 is 0.588 bits per heavy atom. The predicted octanol–water partition coefficient (Wildman–Crippen LogP) is -1.32. The maximum atomic E-state index is 6.07. The molecule has 2 aliphatic rings. The van der Waals surface area contributed by atoms with Gasteiger partial charge in [0.1, 0.15) is 0 Å². The predicted molar refractivity (Wildman–Crippen MR) is 137 cm³/mol. The first-order valence-corrected chi connectivity index (χ1v) is 13.3. The molecule has 202 valence electrons. The molecule has 10 heteroatoms. The zero-order valence-electron chi connectivity index (χ0n) is 21.8. The molecule has 0 aromatic heterocycles. The fourth-order valence-electron chi connectivity index (χ4n) is 4.21. The first-order valence-electron chi connectivity index (χ1n) is 13.3. The summed E-state index contributed by atoms with van der Waals surface area (Å²) in [6, 6.07) is 0.244. The Bertz CT molecular complexity index is 447. The number of nitrogens with one attached hydrogen (secondary N) is 4. The number of likely N-dealkylation sites (N-methyl/N-ethyl adjacent to an activating group) is 2. The van der Waals surface area contributed by atoms with Gasteiger partial charge in [0, 0.05) is 70.9 Å². The molecule has 2 fully saturated rings. The van der Waals surface area contributed by atoms with Crippen LogP contribution in [0.25, 0.3) is 0 Å². The Morgan fingerprint density at radius 2 is 1.21 bits per heavy atom. The van der Waals surface area contributed by atoms with Crippen molar-refractivity contribution in [2.24, 2.45) is 5.92 Å². The van der Waals surface area contributed by atoms with E-state index in [4.69, 9.17) is 18.9 Å². The van der Waals surface area contributed by atoms with E-state index in [1.165, 1.54) is 6.42 Å². The van der Waals surface area contributed by atoms with Gasteiger partial charge in [0.05, 0.1) is 52.9 Å². The van der Waals surface area contributed by atoms with Crippen LogP contribution in [0.4, 0.5) is 0 Å². The normalized spacial score (nSPS) is 29.5. The van der Waals surface area contributed by atoms with Crippen molar-refractivity contribution in [3.8, 4) is 0 Å². The van der Waals surface area contributed by atoms with E-state index in [1.54, 1.807) is 0 Å². The Morgan fingerprint density at radius 3 is 1.97 bits per heavy atom. The van der Waals surface area contributed by atoms with Gasteiger partial charge in [-0.1, -0.05) is 0 Å². The van der Waals surface area contributed by atoms with Crippen molar-refractivity contribution < 1.29 is 18.9 Å². The maximum Gasteiger partial charge on any atom is 0.0701 e. The lowest BCUT2D eigenvalue weighted by Crippen LogP contribution is -2.50. The third-order valence-electron chi connectivity index (χ3n) is 6.30. The molecule has 4 N–H and O–H groups in total. The van der Waals surface area contributed by atoms with E-state index in [-0.39, 0.29) is 6.04 Å². The van der Waals surface area contributed by atoms with E-state index in [1.807, 2.05) is 0 Å². The number of rotatable bonds is 1. The van der Waals surface area contributed by atoms with Gasteiger partial charge in [-0.15, -0.1) is 0 Å². The molecule has 0 aromatic rings. The van der Waals surface area contributed by atoms with E-state index in [9.17, 15) is 0 Å². The molecule has 2 saturated heterocycles. The summed E-state index contributed by atoms with van der Waals surface area (Å²) in [6.07, 6.45) is 1.20. The van der Waals surface area contributed by atoms with E-state index in [0.29, 0.717) is 58.8 Å². The van der Waals surface area contributed by atoms with Gasteiger partial charge in [-0.2, -0.15) is 0 Å². The second-order valence-corrected chi connectivity index (χ2v) is 9.36. The highest BCUT2D eigenvalue weighted by atomic mass is 16.5. The fraction of sp³-hybridized carbons (Fsp3) is 1.00. The minimum absolute atomic E-state index is 0.244. The molecule has 2 atom stereocenters. The summed E-state index contributed by atoms with van der Waals surface area (Å²) in [6.45, 7) is 16.0. The largest absolute Gasteiger partial charge is 0.378 e. The van der Waals surface area contributed by atoms with Crippen molar-refractivity contribution in [3.05, 3.63) is 0 Å². The molecule has 34 heavy (non-hydrogen) atoms. The summed E-state index contributed by atoms with van der Waals surface area (Å²) in [7, 11) is 4.43. The lowest BCUT2D eigenvalue weighted by molar-refractivity contribution is 0.0222. The van der Waals surface area contributed by atoms with Crippen LogP contribution in [0.5, 0.6) is 0 Å². The summed E-state index contributed by atoms with van der Waals surface area (Å²) < 4.78 is 23.2. The maximum absolute atomic E-state index is 6.07. The van der Waals surface area contributed by atoms with Gasteiger partial charge in [-0.3, -0.25) is 0 Å². The molecule has 2 heterocycles. The highest BCUT2D eigenvalue weighted by molar-refractivity contribution is 4.81. The summed E-state index contributed by atoms with van der Waals surface area (Å²) in [4.78, 5) is 4.85. The third kappa shape index (κ3) is 15.6. The average Bonchev–Trinajstić information content (AvgIpc) is 2.83. The SMILES string of the molecule is CN1CCCNCCN(C)CC(C2COCCOCCNCCOCCOCCN2)CNCC1. The Hall–Kier alpha value is -0.400. The van der Waals surface area contributed by atoms with Crippen molar-refractivity contribution in [1.29, 1.82) is 0 Å². The Labute approximate surface area is 207 Å².